The Bertz CT molecular complexity index is 651. The predicted octanol–water partition coefficient (Wildman–Crippen LogP) is 4.44. The Kier molecular flexibility index (Phi) is 4.86. The Hall–Kier alpha value is -1.88. The summed E-state index contributed by atoms with van der Waals surface area (Å²) in [7, 11) is 1.58. The number of halogens is 1. The number of carbonyl (C=O) groups is 1. The predicted molar refractivity (Wildman–Crippen MR) is 90.9 cm³/mol. The van der Waals surface area contributed by atoms with Crippen LogP contribution in [0.25, 0.3) is 11.1 Å². The molecule has 1 amide bonds. The lowest BCUT2D eigenvalue weighted by Crippen LogP contribution is -2.46. The Labute approximate surface area is 138 Å². The van der Waals surface area contributed by atoms with E-state index in [4.69, 9.17) is 5.11 Å². The standard InChI is InChI=1S/C17H19BrN2O2/c1-17(2,20(3)16(21)22)10-15-9-6-13(11-19-15)12-4-7-14(18)8-5-12/h4-9,11H,10H2,1-3H3,(H,21,22). The molecule has 0 radical (unpaired) electrons. The van der Waals surface area contributed by atoms with Crippen LogP contribution in [-0.4, -0.2) is 33.7 Å². The molecule has 0 bridgehead atoms. The zero-order valence-corrected chi connectivity index (χ0v) is 14.5. The third-order valence-corrected chi connectivity index (χ3v) is 4.34. The number of nitrogens with zero attached hydrogens (tertiary/aromatic N) is 2. The van der Waals surface area contributed by atoms with Gasteiger partial charge in [0.05, 0.1) is 0 Å². The van der Waals surface area contributed by atoms with E-state index in [-0.39, 0.29) is 0 Å². The van der Waals surface area contributed by atoms with Crippen LogP contribution in [0.3, 0.4) is 0 Å². The normalized spacial score (nSPS) is 11.3. The SMILES string of the molecule is CN(C(=O)O)C(C)(C)Cc1ccc(-c2ccc(Br)cc2)cn1. The fourth-order valence-electron chi connectivity index (χ4n) is 2.16. The molecule has 1 aromatic heterocycles. The first kappa shape index (κ1) is 16.5. The quantitative estimate of drug-likeness (QED) is 0.874. The molecule has 0 unspecified atom stereocenters. The molecule has 0 atom stereocenters. The second kappa shape index (κ2) is 6.48. The van der Waals surface area contributed by atoms with E-state index in [1.807, 2.05) is 56.4 Å². The molecule has 2 rings (SSSR count). The first-order valence-corrected chi connectivity index (χ1v) is 7.76. The highest BCUT2D eigenvalue weighted by atomic mass is 79.9. The van der Waals surface area contributed by atoms with Crippen LogP contribution in [0.4, 0.5) is 4.79 Å². The third-order valence-electron chi connectivity index (χ3n) is 3.81. The molecule has 22 heavy (non-hydrogen) atoms. The highest BCUT2D eigenvalue weighted by Crippen LogP contribution is 2.23. The molecular weight excluding hydrogens is 344 g/mol. The monoisotopic (exact) mass is 362 g/mol. The van der Waals surface area contributed by atoms with Gasteiger partial charge in [0.25, 0.3) is 0 Å². The first-order valence-electron chi connectivity index (χ1n) is 6.97. The minimum Gasteiger partial charge on any atom is -0.465 e. The van der Waals surface area contributed by atoms with E-state index in [2.05, 4.69) is 20.9 Å². The van der Waals surface area contributed by atoms with E-state index < -0.39 is 11.6 Å². The first-order chi connectivity index (χ1) is 10.3. The van der Waals surface area contributed by atoms with Crippen LogP contribution >= 0.6 is 15.9 Å². The van der Waals surface area contributed by atoms with Crippen molar-refractivity contribution in [3.05, 3.63) is 52.8 Å². The molecule has 0 aliphatic carbocycles. The molecule has 0 aliphatic heterocycles. The van der Waals surface area contributed by atoms with Crippen molar-refractivity contribution in [2.75, 3.05) is 7.05 Å². The number of hydrogen-bond donors (Lipinski definition) is 1. The average molecular weight is 363 g/mol. The fourth-order valence-corrected chi connectivity index (χ4v) is 2.43. The lowest BCUT2D eigenvalue weighted by Gasteiger charge is -2.33. The zero-order chi connectivity index (χ0) is 16.3. The van der Waals surface area contributed by atoms with Crippen LogP contribution in [-0.2, 0) is 6.42 Å². The number of aromatic nitrogens is 1. The summed E-state index contributed by atoms with van der Waals surface area (Å²) in [5.41, 5.74) is 2.52. The molecule has 1 heterocycles. The van der Waals surface area contributed by atoms with Gasteiger partial charge in [-0.15, -0.1) is 0 Å². The maximum absolute atomic E-state index is 11.1. The van der Waals surface area contributed by atoms with Crippen molar-refractivity contribution in [1.82, 2.24) is 9.88 Å². The molecule has 116 valence electrons. The average Bonchev–Trinajstić information content (AvgIpc) is 2.47. The summed E-state index contributed by atoms with van der Waals surface area (Å²) < 4.78 is 1.04. The molecule has 0 saturated carbocycles. The smallest absolute Gasteiger partial charge is 0.407 e. The molecule has 0 spiro atoms. The number of benzene rings is 1. The van der Waals surface area contributed by atoms with Gasteiger partial charge in [0, 0.05) is 40.9 Å². The van der Waals surface area contributed by atoms with Crippen molar-refractivity contribution in [1.29, 1.82) is 0 Å². The number of amides is 1. The number of hydrogen-bond acceptors (Lipinski definition) is 2. The van der Waals surface area contributed by atoms with E-state index in [9.17, 15) is 4.79 Å². The lowest BCUT2D eigenvalue weighted by atomic mass is 9.96. The molecule has 0 aliphatic rings. The maximum Gasteiger partial charge on any atom is 0.407 e. The Balaban J connectivity index is 2.15. The summed E-state index contributed by atoms with van der Waals surface area (Å²) in [6.45, 7) is 3.79. The Morgan fingerprint density at radius 1 is 1.18 bits per heavy atom. The van der Waals surface area contributed by atoms with Crippen LogP contribution in [0.2, 0.25) is 0 Å². The number of rotatable bonds is 4. The van der Waals surface area contributed by atoms with Crippen LogP contribution in [0.15, 0.2) is 47.1 Å². The van der Waals surface area contributed by atoms with Gasteiger partial charge in [-0.2, -0.15) is 0 Å². The number of likely N-dealkylation sites (N-methyl/N-ethyl adjacent to an activating group) is 1. The molecule has 1 aromatic carbocycles. The second-order valence-electron chi connectivity index (χ2n) is 5.88. The van der Waals surface area contributed by atoms with Gasteiger partial charge in [0.2, 0.25) is 0 Å². The number of carboxylic acid groups (broad SMARTS) is 1. The van der Waals surface area contributed by atoms with Gasteiger partial charge in [-0.3, -0.25) is 4.98 Å². The molecular formula is C17H19BrN2O2. The van der Waals surface area contributed by atoms with Crippen molar-refractivity contribution in [3.63, 3.8) is 0 Å². The van der Waals surface area contributed by atoms with Gasteiger partial charge >= 0.3 is 6.09 Å². The minimum atomic E-state index is -0.934. The summed E-state index contributed by atoms with van der Waals surface area (Å²) >= 11 is 3.42. The van der Waals surface area contributed by atoms with Crippen LogP contribution in [0.5, 0.6) is 0 Å². The van der Waals surface area contributed by atoms with Crippen molar-refractivity contribution < 1.29 is 9.90 Å². The second-order valence-corrected chi connectivity index (χ2v) is 6.79. The largest absolute Gasteiger partial charge is 0.465 e. The minimum absolute atomic E-state index is 0.502. The Morgan fingerprint density at radius 3 is 2.27 bits per heavy atom. The van der Waals surface area contributed by atoms with E-state index in [0.717, 1.165) is 21.3 Å². The van der Waals surface area contributed by atoms with Gasteiger partial charge in [-0.05, 0) is 37.6 Å². The molecule has 5 heteroatoms. The summed E-state index contributed by atoms with van der Waals surface area (Å²) in [5, 5.41) is 9.11. The van der Waals surface area contributed by atoms with E-state index in [0.29, 0.717) is 6.42 Å². The molecule has 2 aromatic rings. The van der Waals surface area contributed by atoms with Crippen LogP contribution in [0.1, 0.15) is 19.5 Å². The van der Waals surface area contributed by atoms with Crippen molar-refractivity contribution in [3.8, 4) is 11.1 Å². The van der Waals surface area contributed by atoms with Crippen molar-refractivity contribution in [2.45, 2.75) is 25.8 Å². The molecule has 0 fully saturated rings. The third kappa shape index (κ3) is 3.85. The summed E-state index contributed by atoms with van der Waals surface area (Å²) in [5.74, 6) is 0. The van der Waals surface area contributed by atoms with Gasteiger partial charge in [-0.25, -0.2) is 4.79 Å². The Morgan fingerprint density at radius 2 is 1.77 bits per heavy atom. The summed E-state index contributed by atoms with van der Waals surface area (Å²) in [6, 6.07) is 12.0. The van der Waals surface area contributed by atoms with Gasteiger partial charge in [-0.1, -0.05) is 34.1 Å². The molecule has 0 saturated heterocycles. The van der Waals surface area contributed by atoms with Gasteiger partial charge < -0.3 is 10.0 Å². The van der Waals surface area contributed by atoms with Gasteiger partial charge in [0.15, 0.2) is 0 Å². The summed E-state index contributed by atoms with van der Waals surface area (Å²) in [4.78, 5) is 16.9. The lowest BCUT2D eigenvalue weighted by molar-refractivity contribution is 0.110. The summed E-state index contributed by atoms with van der Waals surface area (Å²) in [6.07, 6.45) is 1.46. The fraction of sp³-hybridized carbons (Fsp3) is 0.294. The maximum atomic E-state index is 11.1. The topological polar surface area (TPSA) is 53.4 Å². The van der Waals surface area contributed by atoms with E-state index >= 15 is 0 Å². The van der Waals surface area contributed by atoms with E-state index in [1.165, 1.54) is 4.90 Å². The van der Waals surface area contributed by atoms with E-state index in [1.54, 1.807) is 7.05 Å². The highest BCUT2D eigenvalue weighted by molar-refractivity contribution is 9.10. The van der Waals surface area contributed by atoms with Crippen molar-refractivity contribution >= 4 is 22.0 Å². The van der Waals surface area contributed by atoms with Crippen LogP contribution < -0.4 is 0 Å². The van der Waals surface area contributed by atoms with Crippen molar-refractivity contribution in [2.24, 2.45) is 0 Å². The number of pyridine rings is 1. The zero-order valence-electron chi connectivity index (χ0n) is 12.9. The molecule has 4 nitrogen and oxygen atoms in total. The molecule has 1 N–H and O–H groups in total. The highest BCUT2D eigenvalue weighted by Gasteiger charge is 2.28. The van der Waals surface area contributed by atoms with Crippen LogP contribution in [0, 0.1) is 0 Å². The van der Waals surface area contributed by atoms with Gasteiger partial charge in [0.1, 0.15) is 0 Å².